The fourth-order valence-corrected chi connectivity index (χ4v) is 5.41. The molecule has 1 aromatic heterocycles. The Morgan fingerprint density at radius 3 is 2.77 bits per heavy atom. The lowest BCUT2D eigenvalue weighted by molar-refractivity contribution is 0.0603. The quantitative estimate of drug-likeness (QED) is 0.851. The number of rotatable bonds is 3. The van der Waals surface area contributed by atoms with Crippen molar-refractivity contribution < 1.29 is 9.53 Å². The van der Waals surface area contributed by atoms with Gasteiger partial charge < -0.3 is 10.1 Å². The standard InChI is InChI=1S/C18H27NO2S/c1-12-10-15(17(22-12)18(20)21-2)16-11-19-9-8-14(16)13-6-4-3-5-7-13/h10,13-14,16,19H,3-9,11H2,1-2H3. The van der Waals surface area contributed by atoms with Crippen molar-refractivity contribution in [3.63, 3.8) is 0 Å². The normalized spacial score (nSPS) is 26.8. The average molecular weight is 321 g/mol. The summed E-state index contributed by atoms with van der Waals surface area (Å²) in [5.74, 6) is 1.86. The molecule has 0 spiro atoms. The maximum absolute atomic E-state index is 12.1. The lowest BCUT2D eigenvalue weighted by Gasteiger charge is -2.39. The van der Waals surface area contributed by atoms with E-state index < -0.39 is 0 Å². The zero-order valence-electron chi connectivity index (χ0n) is 13.7. The average Bonchev–Trinajstić information content (AvgIpc) is 2.96. The van der Waals surface area contributed by atoms with Gasteiger partial charge in [0.2, 0.25) is 0 Å². The van der Waals surface area contributed by atoms with Crippen molar-refractivity contribution >= 4 is 17.3 Å². The molecule has 2 atom stereocenters. The second kappa shape index (κ2) is 7.14. The molecule has 0 amide bonds. The van der Waals surface area contributed by atoms with E-state index in [2.05, 4.69) is 18.3 Å². The first kappa shape index (κ1) is 16.0. The van der Waals surface area contributed by atoms with E-state index in [1.807, 2.05) is 0 Å². The minimum Gasteiger partial charge on any atom is -0.465 e. The van der Waals surface area contributed by atoms with Crippen molar-refractivity contribution in [3.05, 3.63) is 21.4 Å². The van der Waals surface area contributed by atoms with Gasteiger partial charge in [0.15, 0.2) is 0 Å². The first-order chi connectivity index (χ1) is 10.7. The molecule has 0 bridgehead atoms. The highest BCUT2D eigenvalue weighted by atomic mass is 32.1. The van der Waals surface area contributed by atoms with Crippen LogP contribution in [0, 0.1) is 18.8 Å². The van der Waals surface area contributed by atoms with Crippen LogP contribution < -0.4 is 5.32 Å². The number of carbonyl (C=O) groups is 1. The van der Waals surface area contributed by atoms with Crippen molar-refractivity contribution in [2.24, 2.45) is 11.8 Å². The zero-order chi connectivity index (χ0) is 15.5. The molecule has 4 heteroatoms. The Bertz CT molecular complexity index is 519. The molecule has 22 heavy (non-hydrogen) atoms. The Kier molecular flexibility index (Phi) is 5.19. The van der Waals surface area contributed by atoms with Crippen LogP contribution in [0.4, 0.5) is 0 Å². The maximum atomic E-state index is 12.1. The molecular formula is C18H27NO2S. The Labute approximate surface area is 137 Å². The van der Waals surface area contributed by atoms with E-state index in [9.17, 15) is 4.79 Å². The smallest absolute Gasteiger partial charge is 0.348 e. The molecular weight excluding hydrogens is 294 g/mol. The first-order valence-electron chi connectivity index (χ1n) is 8.60. The molecule has 2 heterocycles. The largest absolute Gasteiger partial charge is 0.465 e. The lowest BCUT2D eigenvalue weighted by atomic mass is 9.69. The molecule has 0 aromatic carbocycles. The summed E-state index contributed by atoms with van der Waals surface area (Å²) in [5.41, 5.74) is 1.23. The first-order valence-corrected chi connectivity index (χ1v) is 9.41. The van der Waals surface area contributed by atoms with Gasteiger partial charge in [-0.3, -0.25) is 0 Å². The van der Waals surface area contributed by atoms with E-state index in [1.165, 1.54) is 56.1 Å². The van der Waals surface area contributed by atoms with E-state index in [4.69, 9.17) is 4.74 Å². The predicted molar refractivity (Wildman–Crippen MR) is 90.7 cm³/mol. The highest BCUT2D eigenvalue weighted by Crippen LogP contribution is 2.43. The minimum atomic E-state index is -0.166. The number of aryl methyl sites for hydroxylation is 1. The van der Waals surface area contributed by atoms with Crippen LogP contribution >= 0.6 is 11.3 Å². The molecule has 3 rings (SSSR count). The Morgan fingerprint density at radius 1 is 1.27 bits per heavy atom. The predicted octanol–water partition coefficient (Wildman–Crippen LogP) is 4.12. The van der Waals surface area contributed by atoms with Gasteiger partial charge in [-0.05, 0) is 43.4 Å². The number of piperidine rings is 1. The van der Waals surface area contributed by atoms with Crippen LogP contribution in [0.5, 0.6) is 0 Å². The van der Waals surface area contributed by atoms with Crippen LogP contribution in [0.1, 0.15) is 64.6 Å². The number of methoxy groups -OCH3 is 1. The minimum absolute atomic E-state index is 0.166. The summed E-state index contributed by atoms with van der Waals surface area (Å²) >= 11 is 1.59. The highest BCUT2D eigenvalue weighted by molar-refractivity contribution is 7.14. The van der Waals surface area contributed by atoms with Gasteiger partial charge in [-0.1, -0.05) is 32.1 Å². The molecule has 2 unspecified atom stereocenters. The van der Waals surface area contributed by atoms with E-state index in [-0.39, 0.29) is 5.97 Å². The maximum Gasteiger partial charge on any atom is 0.348 e. The summed E-state index contributed by atoms with van der Waals surface area (Å²) in [7, 11) is 1.49. The number of esters is 1. The molecule has 1 aliphatic heterocycles. The van der Waals surface area contributed by atoms with Crippen LogP contribution in [0.3, 0.4) is 0 Å². The van der Waals surface area contributed by atoms with Crippen molar-refractivity contribution in [2.45, 2.75) is 51.4 Å². The van der Waals surface area contributed by atoms with E-state index in [0.29, 0.717) is 5.92 Å². The number of ether oxygens (including phenoxy) is 1. The van der Waals surface area contributed by atoms with Gasteiger partial charge in [0.1, 0.15) is 4.88 Å². The van der Waals surface area contributed by atoms with E-state index in [1.54, 1.807) is 11.3 Å². The van der Waals surface area contributed by atoms with E-state index >= 15 is 0 Å². The van der Waals surface area contributed by atoms with Gasteiger partial charge >= 0.3 is 5.97 Å². The molecule has 1 saturated carbocycles. The van der Waals surface area contributed by atoms with Crippen molar-refractivity contribution in [2.75, 3.05) is 20.2 Å². The molecule has 1 aliphatic carbocycles. The summed E-state index contributed by atoms with van der Waals surface area (Å²) in [4.78, 5) is 14.2. The Morgan fingerprint density at radius 2 is 2.05 bits per heavy atom. The molecule has 2 aliphatic rings. The molecule has 1 saturated heterocycles. The van der Waals surface area contributed by atoms with Crippen LogP contribution in [0.15, 0.2) is 6.07 Å². The second-order valence-electron chi connectivity index (χ2n) is 6.79. The molecule has 122 valence electrons. The summed E-state index contributed by atoms with van der Waals surface area (Å²) in [5, 5.41) is 3.55. The van der Waals surface area contributed by atoms with Gasteiger partial charge in [0.25, 0.3) is 0 Å². The summed E-state index contributed by atoms with van der Waals surface area (Å²) in [6.07, 6.45) is 8.15. The fraction of sp³-hybridized carbons (Fsp3) is 0.722. The Hall–Kier alpha value is -0.870. The van der Waals surface area contributed by atoms with Crippen molar-refractivity contribution in [1.82, 2.24) is 5.32 Å². The topological polar surface area (TPSA) is 38.3 Å². The van der Waals surface area contributed by atoms with Crippen LogP contribution in [-0.2, 0) is 4.74 Å². The third-order valence-electron chi connectivity index (χ3n) is 5.45. The van der Waals surface area contributed by atoms with Gasteiger partial charge in [0.05, 0.1) is 7.11 Å². The van der Waals surface area contributed by atoms with Gasteiger partial charge in [-0.15, -0.1) is 11.3 Å². The van der Waals surface area contributed by atoms with Crippen LogP contribution in [-0.4, -0.2) is 26.2 Å². The number of hydrogen-bond acceptors (Lipinski definition) is 4. The van der Waals surface area contributed by atoms with Crippen LogP contribution in [0.2, 0.25) is 0 Å². The molecule has 2 fully saturated rings. The molecule has 1 aromatic rings. The summed E-state index contributed by atoms with van der Waals surface area (Å²) in [6.45, 7) is 4.21. The highest BCUT2D eigenvalue weighted by Gasteiger charge is 2.36. The third kappa shape index (κ3) is 3.23. The van der Waals surface area contributed by atoms with Gasteiger partial charge in [-0.2, -0.15) is 0 Å². The van der Waals surface area contributed by atoms with E-state index in [0.717, 1.165) is 29.8 Å². The van der Waals surface area contributed by atoms with Gasteiger partial charge in [0, 0.05) is 17.3 Å². The monoisotopic (exact) mass is 321 g/mol. The number of carbonyl (C=O) groups excluding carboxylic acids is 1. The second-order valence-corrected chi connectivity index (χ2v) is 8.05. The summed E-state index contributed by atoms with van der Waals surface area (Å²) < 4.78 is 5.01. The lowest BCUT2D eigenvalue weighted by Crippen LogP contribution is -2.39. The molecule has 1 N–H and O–H groups in total. The zero-order valence-corrected chi connectivity index (χ0v) is 14.5. The molecule has 3 nitrogen and oxygen atoms in total. The number of nitrogens with one attached hydrogen (secondary N) is 1. The third-order valence-corrected chi connectivity index (χ3v) is 6.49. The SMILES string of the molecule is COC(=O)c1sc(C)cc1C1CNCCC1C1CCCCC1. The van der Waals surface area contributed by atoms with Crippen molar-refractivity contribution in [3.8, 4) is 0 Å². The molecule has 0 radical (unpaired) electrons. The number of hydrogen-bond donors (Lipinski definition) is 1. The number of thiophene rings is 1. The van der Waals surface area contributed by atoms with Crippen molar-refractivity contribution in [1.29, 1.82) is 0 Å². The van der Waals surface area contributed by atoms with Crippen LogP contribution in [0.25, 0.3) is 0 Å². The Balaban J connectivity index is 1.88. The summed E-state index contributed by atoms with van der Waals surface area (Å²) in [6, 6.07) is 2.23. The fourth-order valence-electron chi connectivity index (χ4n) is 4.41. The van der Waals surface area contributed by atoms with Gasteiger partial charge in [-0.25, -0.2) is 4.79 Å².